The Hall–Kier alpha value is -1.75. The van der Waals surface area contributed by atoms with Crippen molar-refractivity contribution >= 4 is 5.69 Å². The van der Waals surface area contributed by atoms with Gasteiger partial charge in [-0.05, 0) is 19.1 Å². The van der Waals surface area contributed by atoms with Crippen molar-refractivity contribution < 1.29 is 9.52 Å². The van der Waals surface area contributed by atoms with Gasteiger partial charge in [-0.2, -0.15) is 5.10 Å². The van der Waals surface area contributed by atoms with Crippen LogP contribution in [0.4, 0.5) is 5.69 Å². The molecule has 5 heteroatoms. The Balaban J connectivity index is 1.99. The van der Waals surface area contributed by atoms with Gasteiger partial charge in [0, 0.05) is 12.6 Å². The topological polar surface area (TPSA) is 63.2 Å². The van der Waals surface area contributed by atoms with Gasteiger partial charge in [0.05, 0.1) is 31.1 Å². The number of aliphatic hydroxyl groups excluding tert-OH is 1. The van der Waals surface area contributed by atoms with Crippen molar-refractivity contribution in [2.75, 3.05) is 11.9 Å². The normalized spacial score (nSPS) is 12.6. The van der Waals surface area contributed by atoms with E-state index in [1.54, 1.807) is 10.9 Å². The molecule has 18 heavy (non-hydrogen) atoms. The standard InChI is InChI=1S/C13H19N3O2/c1-3-12-4-5-13(18-12)10(2)15-11-8-14-16(9-11)6-7-17/h4-5,8-10,15,17H,3,6-7H2,1-2H3. The van der Waals surface area contributed by atoms with Gasteiger partial charge in [0.15, 0.2) is 0 Å². The van der Waals surface area contributed by atoms with E-state index in [-0.39, 0.29) is 12.6 Å². The highest BCUT2D eigenvalue weighted by Gasteiger charge is 2.10. The number of anilines is 1. The highest BCUT2D eigenvalue weighted by molar-refractivity contribution is 5.40. The van der Waals surface area contributed by atoms with Crippen molar-refractivity contribution in [1.82, 2.24) is 9.78 Å². The summed E-state index contributed by atoms with van der Waals surface area (Å²) in [4.78, 5) is 0. The maximum Gasteiger partial charge on any atom is 0.126 e. The van der Waals surface area contributed by atoms with Crippen LogP contribution in [0.1, 0.15) is 31.4 Å². The number of rotatable bonds is 6. The first-order valence-corrected chi connectivity index (χ1v) is 6.21. The van der Waals surface area contributed by atoms with Gasteiger partial charge in [0.25, 0.3) is 0 Å². The Labute approximate surface area is 106 Å². The first-order chi connectivity index (χ1) is 8.72. The van der Waals surface area contributed by atoms with E-state index in [1.165, 1.54) is 0 Å². The quantitative estimate of drug-likeness (QED) is 0.824. The van der Waals surface area contributed by atoms with Crippen molar-refractivity contribution in [3.63, 3.8) is 0 Å². The van der Waals surface area contributed by atoms with Gasteiger partial charge < -0.3 is 14.8 Å². The minimum absolute atomic E-state index is 0.0920. The second kappa shape index (κ2) is 5.73. The maximum absolute atomic E-state index is 8.82. The minimum Gasteiger partial charge on any atom is -0.464 e. The van der Waals surface area contributed by atoms with Gasteiger partial charge >= 0.3 is 0 Å². The zero-order valence-electron chi connectivity index (χ0n) is 10.8. The summed E-state index contributed by atoms with van der Waals surface area (Å²) in [5.41, 5.74) is 0.922. The molecule has 0 aliphatic heterocycles. The third kappa shape index (κ3) is 2.92. The molecule has 0 amide bonds. The molecule has 0 fully saturated rings. The summed E-state index contributed by atoms with van der Waals surface area (Å²) < 4.78 is 7.39. The van der Waals surface area contributed by atoms with Crippen LogP contribution in [-0.2, 0) is 13.0 Å². The molecule has 0 spiro atoms. The van der Waals surface area contributed by atoms with Crippen LogP contribution in [0.15, 0.2) is 28.9 Å². The number of aryl methyl sites for hydroxylation is 1. The lowest BCUT2D eigenvalue weighted by atomic mass is 10.2. The van der Waals surface area contributed by atoms with E-state index < -0.39 is 0 Å². The number of hydrogen-bond acceptors (Lipinski definition) is 4. The molecule has 2 aromatic rings. The second-order valence-electron chi connectivity index (χ2n) is 4.24. The van der Waals surface area contributed by atoms with Crippen LogP contribution in [0, 0.1) is 0 Å². The van der Waals surface area contributed by atoms with E-state index in [9.17, 15) is 0 Å². The zero-order chi connectivity index (χ0) is 13.0. The van der Waals surface area contributed by atoms with Gasteiger partial charge in [-0.15, -0.1) is 0 Å². The summed E-state index contributed by atoms with van der Waals surface area (Å²) in [6, 6.07) is 4.09. The maximum atomic E-state index is 8.82. The Kier molecular flexibility index (Phi) is 4.04. The molecule has 0 aliphatic carbocycles. The van der Waals surface area contributed by atoms with Gasteiger partial charge in [-0.3, -0.25) is 4.68 Å². The number of furan rings is 1. The number of aliphatic hydroxyl groups is 1. The zero-order valence-corrected chi connectivity index (χ0v) is 10.8. The van der Waals surface area contributed by atoms with Gasteiger partial charge in [-0.25, -0.2) is 0 Å². The average Bonchev–Trinajstić information content (AvgIpc) is 2.98. The largest absolute Gasteiger partial charge is 0.464 e. The molecule has 1 unspecified atom stereocenters. The molecule has 2 rings (SSSR count). The molecule has 0 aliphatic rings. The molecule has 2 N–H and O–H groups in total. The Bertz CT molecular complexity index is 490. The van der Waals surface area contributed by atoms with Gasteiger partial charge in [0.1, 0.15) is 11.5 Å². The van der Waals surface area contributed by atoms with Crippen LogP contribution in [-0.4, -0.2) is 21.5 Å². The molecule has 0 bridgehead atoms. The van der Waals surface area contributed by atoms with E-state index in [0.717, 1.165) is 23.6 Å². The molecular formula is C13H19N3O2. The predicted molar refractivity (Wildman–Crippen MR) is 69.4 cm³/mol. The average molecular weight is 249 g/mol. The molecule has 2 heterocycles. The fourth-order valence-electron chi connectivity index (χ4n) is 1.80. The number of aromatic nitrogens is 2. The van der Waals surface area contributed by atoms with Crippen molar-refractivity contribution in [3.05, 3.63) is 36.0 Å². The highest BCUT2D eigenvalue weighted by Crippen LogP contribution is 2.21. The Morgan fingerprint density at radius 1 is 1.50 bits per heavy atom. The molecule has 0 saturated heterocycles. The lowest BCUT2D eigenvalue weighted by Gasteiger charge is -2.10. The lowest BCUT2D eigenvalue weighted by Crippen LogP contribution is -2.05. The van der Waals surface area contributed by atoms with E-state index in [0.29, 0.717) is 6.54 Å². The van der Waals surface area contributed by atoms with Crippen LogP contribution < -0.4 is 5.32 Å². The highest BCUT2D eigenvalue weighted by atomic mass is 16.3. The summed E-state index contributed by atoms with van der Waals surface area (Å²) in [6.07, 6.45) is 4.52. The molecule has 1 atom stereocenters. The molecule has 0 radical (unpaired) electrons. The third-order valence-electron chi connectivity index (χ3n) is 2.80. The Morgan fingerprint density at radius 3 is 3.00 bits per heavy atom. The van der Waals surface area contributed by atoms with Crippen LogP contribution in [0.2, 0.25) is 0 Å². The second-order valence-corrected chi connectivity index (χ2v) is 4.24. The van der Waals surface area contributed by atoms with E-state index in [4.69, 9.17) is 9.52 Å². The molecule has 0 aromatic carbocycles. The van der Waals surface area contributed by atoms with E-state index in [2.05, 4.69) is 17.3 Å². The summed E-state index contributed by atoms with van der Waals surface area (Å²) in [6.45, 7) is 4.72. The molecule has 2 aromatic heterocycles. The third-order valence-corrected chi connectivity index (χ3v) is 2.80. The molecular weight excluding hydrogens is 230 g/mol. The fraction of sp³-hybridized carbons (Fsp3) is 0.462. The van der Waals surface area contributed by atoms with Crippen molar-refractivity contribution in [1.29, 1.82) is 0 Å². The summed E-state index contributed by atoms with van der Waals surface area (Å²) in [5, 5.41) is 16.3. The summed E-state index contributed by atoms with van der Waals surface area (Å²) >= 11 is 0. The van der Waals surface area contributed by atoms with Crippen molar-refractivity contribution in [2.45, 2.75) is 32.9 Å². The van der Waals surface area contributed by atoms with Gasteiger partial charge in [0.2, 0.25) is 0 Å². The predicted octanol–water partition coefficient (Wildman–Crippen LogP) is 2.20. The monoisotopic (exact) mass is 249 g/mol. The molecule has 0 saturated carbocycles. The van der Waals surface area contributed by atoms with Gasteiger partial charge in [-0.1, -0.05) is 6.92 Å². The summed E-state index contributed by atoms with van der Waals surface area (Å²) in [5.74, 6) is 1.91. The van der Waals surface area contributed by atoms with Crippen LogP contribution in [0.3, 0.4) is 0 Å². The molecule has 98 valence electrons. The number of hydrogen-bond donors (Lipinski definition) is 2. The summed E-state index contributed by atoms with van der Waals surface area (Å²) in [7, 11) is 0. The van der Waals surface area contributed by atoms with Crippen LogP contribution >= 0.6 is 0 Å². The minimum atomic E-state index is 0.0920. The SMILES string of the molecule is CCc1ccc(C(C)Nc2cnn(CCO)c2)o1. The molecule has 5 nitrogen and oxygen atoms in total. The number of nitrogens with one attached hydrogen (secondary N) is 1. The first-order valence-electron chi connectivity index (χ1n) is 6.21. The Morgan fingerprint density at radius 2 is 2.33 bits per heavy atom. The fourth-order valence-corrected chi connectivity index (χ4v) is 1.80. The smallest absolute Gasteiger partial charge is 0.126 e. The van der Waals surface area contributed by atoms with Crippen LogP contribution in [0.25, 0.3) is 0 Å². The van der Waals surface area contributed by atoms with Crippen molar-refractivity contribution in [2.24, 2.45) is 0 Å². The van der Waals surface area contributed by atoms with E-state index >= 15 is 0 Å². The first kappa shape index (κ1) is 12.7. The van der Waals surface area contributed by atoms with Crippen LogP contribution in [0.5, 0.6) is 0 Å². The van der Waals surface area contributed by atoms with E-state index in [1.807, 2.05) is 25.3 Å². The number of nitrogens with zero attached hydrogens (tertiary/aromatic N) is 2. The van der Waals surface area contributed by atoms with Crippen molar-refractivity contribution in [3.8, 4) is 0 Å². The lowest BCUT2D eigenvalue weighted by molar-refractivity contribution is 0.269.